The molecule has 0 unspecified atom stereocenters. The molecule has 17 heavy (non-hydrogen) atoms. The molecular formula is C12H4F5. The maximum Gasteiger partial charge on any atom is 0.195 e. The summed E-state index contributed by atoms with van der Waals surface area (Å²) in [5.74, 6) is -7.08. The van der Waals surface area contributed by atoms with E-state index in [9.17, 15) is 22.0 Å². The molecule has 0 heterocycles. The lowest BCUT2D eigenvalue weighted by Crippen LogP contribution is -1.97. The summed E-state index contributed by atoms with van der Waals surface area (Å²) in [5, 5.41) is 0. The first kappa shape index (κ1) is 11.6. The van der Waals surface area contributed by atoms with E-state index in [1.54, 1.807) is 0 Å². The minimum atomic E-state index is -1.77. The van der Waals surface area contributed by atoms with Crippen LogP contribution in [-0.2, 0) is 0 Å². The van der Waals surface area contributed by atoms with Crippen LogP contribution in [0.15, 0.2) is 24.3 Å². The zero-order valence-corrected chi connectivity index (χ0v) is 8.20. The molecule has 0 N–H and O–H groups in total. The highest BCUT2D eigenvalue weighted by Crippen LogP contribution is 2.29. The first-order valence-electron chi connectivity index (χ1n) is 4.52. The SMILES string of the molecule is Fc1[c]ccc(F)c1-c1ccc(F)c(F)c1F. The molecule has 0 saturated heterocycles. The van der Waals surface area contributed by atoms with E-state index in [0.29, 0.717) is 6.07 Å². The van der Waals surface area contributed by atoms with Crippen LogP contribution < -0.4 is 0 Å². The van der Waals surface area contributed by atoms with Crippen molar-refractivity contribution in [2.75, 3.05) is 0 Å². The Morgan fingerprint density at radius 2 is 1.47 bits per heavy atom. The fourth-order valence-electron chi connectivity index (χ4n) is 1.41. The monoisotopic (exact) mass is 243 g/mol. The minimum Gasteiger partial charge on any atom is -0.206 e. The van der Waals surface area contributed by atoms with Gasteiger partial charge in [-0.15, -0.1) is 0 Å². The minimum absolute atomic E-state index is 0.597. The molecule has 0 spiro atoms. The zero-order chi connectivity index (χ0) is 12.6. The van der Waals surface area contributed by atoms with Crippen LogP contribution in [0.2, 0.25) is 0 Å². The van der Waals surface area contributed by atoms with Crippen molar-refractivity contribution in [3.05, 3.63) is 59.4 Å². The molecule has 87 valence electrons. The van der Waals surface area contributed by atoms with Crippen molar-refractivity contribution in [1.29, 1.82) is 0 Å². The molecule has 0 aliphatic heterocycles. The summed E-state index contributed by atoms with van der Waals surface area (Å²) in [6.07, 6.45) is 0. The Morgan fingerprint density at radius 3 is 2.12 bits per heavy atom. The van der Waals surface area contributed by atoms with E-state index in [-0.39, 0.29) is 0 Å². The van der Waals surface area contributed by atoms with E-state index in [1.165, 1.54) is 0 Å². The van der Waals surface area contributed by atoms with Gasteiger partial charge in [0.2, 0.25) is 0 Å². The van der Waals surface area contributed by atoms with Crippen LogP contribution in [0.3, 0.4) is 0 Å². The van der Waals surface area contributed by atoms with Crippen molar-refractivity contribution in [3.63, 3.8) is 0 Å². The van der Waals surface area contributed by atoms with E-state index in [4.69, 9.17) is 0 Å². The van der Waals surface area contributed by atoms with Gasteiger partial charge in [-0.05, 0) is 24.3 Å². The Hall–Kier alpha value is -1.91. The van der Waals surface area contributed by atoms with E-state index >= 15 is 0 Å². The first-order valence-corrected chi connectivity index (χ1v) is 4.52. The van der Waals surface area contributed by atoms with Crippen LogP contribution in [0.5, 0.6) is 0 Å². The summed E-state index contributed by atoms with van der Waals surface area (Å²) in [6, 6.07) is 5.19. The lowest BCUT2D eigenvalue weighted by molar-refractivity contribution is 0.448. The Balaban J connectivity index is 2.74. The number of benzene rings is 2. The maximum absolute atomic E-state index is 13.3. The van der Waals surface area contributed by atoms with Gasteiger partial charge in [-0.2, -0.15) is 0 Å². The van der Waals surface area contributed by atoms with Gasteiger partial charge in [0.1, 0.15) is 11.6 Å². The average molecular weight is 243 g/mol. The number of rotatable bonds is 1. The molecule has 0 aliphatic rings. The third-order valence-electron chi connectivity index (χ3n) is 2.20. The summed E-state index contributed by atoms with van der Waals surface area (Å²) in [5.41, 5.74) is -1.46. The average Bonchev–Trinajstić information content (AvgIpc) is 2.29. The topological polar surface area (TPSA) is 0 Å². The standard InChI is InChI=1S/C12H4F5/c13-7-2-1-3-8(14)10(7)6-4-5-9(15)12(17)11(6)16/h1-2,4-5H. The summed E-state index contributed by atoms with van der Waals surface area (Å²) < 4.78 is 65.5. The summed E-state index contributed by atoms with van der Waals surface area (Å²) in [6.45, 7) is 0. The third kappa shape index (κ3) is 1.88. The highest BCUT2D eigenvalue weighted by molar-refractivity contribution is 5.65. The molecule has 0 aromatic heterocycles. The predicted molar refractivity (Wildman–Crippen MR) is 50.5 cm³/mol. The van der Waals surface area contributed by atoms with Crippen LogP contribution in [0.1, 0.15) is 0 Å². The maximum atomic E-state index is 13.3. The summed E-state index contributed by atoms with van der Waals surface area (Å²) in [7, 11) is 0. The highest BCUT2D eigenvalue weighted by Gasteiger charge is 2.19. The molecule has 2 aromatic rings. The molecule has 0 aliphatic carbocycles. The molecule has 0 fully saturated rings. The van der Waals surface area contributed by atoms with Gasteiger partial charge in [-0.1, -0.05) is 0 Å². The van der Waals surface area contributed by atoms with Crippen LogP contribution in [0.25, 0.3) is 11.1 Å². The molecule has 5 heteroatoms. The second-order valence-electron chi connectivity index (χ2n) is 3.24. The smallest absolute Gasteiger partial charge is 0.195 e. The lowest BCUT2D eigenvalue weighted by Gasteiger charge is -2.07. The van der Waals surface area contributed by atoms with Gasteiger partial charge < -0.3 is 0 Å². The van der Waals surface area contributed by atoms with Gasteiger partial charge in [0.25, 0.3) is 0 Å². The number of halogens is 5. The van der Waals surface area contributed by atoms with Gasteiger partial charge >= 0.3 is 0 Å². The van der Waals surface area contributed by atoms with Gasteiger partial charge in [-0.25, -0.2) is 22.0 Å². The Labute approximate surface area is 93.3 Å². The Kier molecular flexibility index (Phi) is 2.83. The molecule has 0 saturated carbocycles. The largest absolute Gasteiger partial charge is 0.206 e. The fraction of sp³-hybridized carbons (Fsp3) is 0. The zero-order valence-electron chi connectivity index (χ0n) is 8.20. The van der Waals surface area contributed by atoms with Crippen molar-refractivity contribution in [3.8, 4) is 11.1 Å². The fourth-order valence-corrected chi connectivity index (χ4v) is 1.41. The van der Waals surface area contributed by atoms with E-state index in [1.807, 2.05) is 6.07 Å². The molecule has 0 bridgehead atoms. The number of hydrogen-bond acceptors (Lipinski definition) is 0. The van der Waals surface area contributed by atoms with Crippen LogP contribution in [0.4, 0.5) is 22.0 Å². The quantitative estimate of drug-likeness (QED) is 0.527. The Morgan fingerprint density at radius 1 is 0.765 bits per heavy atom. The highest BCUT2D eigenvalue weighted by atomic mass is 19.2. The normalized spacial score (nSPS) is 10.6. The van der Waals surface area contributed by atoms with Crippen LogP contribution in [-0.4, -0.2) is 0 Å². The second kappa shape index (κ2) is 4.16. The molecule has 1 radical (unpaired) electrons. The van der Waals surface area contributed by atoms with Gasteiger partial charge in [-0.3, -0.25) is 0 Å². The molecule has 2 rings (SSSR count). The second-order valence-corrected chi connectivity index (χ2v) is 3.24. The molecule has 0 amide bonds. The van der Waals surface area contributed by atoms with Crippen LogP contribution in [0, 0.1) is 35.2 Å². The van der Waals surface area contributed by atoms with E-state index in [2.05, 4.69) is 0 Å². The Bertz CT molecular complexity index is 557. The van der Waals surface area contributed by atoms with Crippen LogP contribution >= 0.6 is 0 Å². The van der Waals surface area contributed by atoms with Crippen molar-refractivity contribution in [2.45, 2.75) is 0 Å². The number of hydrogen-bond donors (Lipinski definition) is 0. The summed E-state index contributed by atoms with van der Waals surface area (Å²) in [4.78, 5) is 0. The van der Waals surface area contributed by atoms with Gasteiger partial charge in [0.05, 0.1) is 5.56 Å². The third-order valence-corrected chi connectivity index (χ3v) is 2.20. The van der Waals surface area contributed by atoms with E-state index < -0.39 is 40.2 Å². The van der Waals surface area contributed by atoms with E-state index in [0.717, 1.165) is 18.2 Å². The van der Waals surface area contributed by atoms with Crippen molar-refractivity contribution in [1.82, 2.24) is 0 Å². The lowest BCUT2D eigenvalue weighted by atomic mass is 10.0. The molecular weight excluding hydrogens is 239 g/mol. The van der Waals surface area contributed by atoms with Crippen molar-refractivity contribution < 1.29 is 22.0 Å². The molecule has 2 aromatic carbocycles. The van der Waals surface area contributed by atoms with Crippen molar-refractivity contribution in [2.24, 2.45) is 0 Å². The predicted octanol–water partition coefficient (Wildman–Crippen LogP) is 3.85. The molecule has 0 atom stereocenters. The molecule has 0 nitrogen and oxygen atoms in total. The van der Waals surface area contributed by atoms with Gasteiger partial charge in [0, 0.05) is 11.6 Å². The first-order chi connectivity index (χ1) is 8.02. The van der Waals surface area contributed by atoms with Crippen molar-refractivity contribution >= 4 is 0 Å². The summed E-state index contributed by atoms with van der Waals surface area (Å²) >= 11 is 0. The van der Waals surface area contributed by atoms with Gasteiger partial charge in [0.15, 0.2) is 17.5 Å².